The third kappa shape index (κ3) is 2.41. The Kier molecular flexibility index (Phi) is 3.53. The maximum atomic E-state index is 13.3. The summed E-state index contributed by atoms with van der Waals surface area (Å²) >= 11 is 0. The molecule has 2 heterocycles. The zero-order valence-corrected chi connectivity index (χ0v) is 11.7. The van der Waals surface area contributed by atoms with Crippen molar-refractivity contribution in [3.63, 3.8) is 0 Å². The van der Waals surface area contributed by atoms with Crippen LogP contribution in [0.5, 0.6) is 5.75 Å². The number of nitrogens with two attached hydrogens (primary N) is 1. The molecule has 1 aliphatic heterocycles. The van der Waals surface area contributed by atoms with Gasteiger partial charge in [0.05, 0.1) is 17.9 Å². The van der Waals surface area contributed by atoms with Crippen molar-refractivity contribution in [1.29, 1.82) is 0 Å². The Hall–Kier alpha value is -2.48. The second kappa shape index (κ2) is 5.38. The van der Waals surface area contributed by atoms with Crippen LogP contribution in [-0.2, 0) is 0 Å². The first-order valence-corrected chi connectivity index (χ1v) is 6.71. The molecule has 2 unspecified atom stereocenters. The summed E-state index contributed by atoms with van der Waals surface area (Å²) in [6.07, 6.45) is 1.05. The molecule has 0 fully saturated rings. The Morgan fingerprint density at radius 1 is 1.36 bits per heavy atom. The van der Waals surface area contributed by atoms with Crippen LogP contribution in [0.15, 0.2) is 29.2 Å². The van der Waals surface area contributed by atoms with E-state index in [0.29, 0.717) is 12.2 Å². The molecule has 116 valence electrons. The molecule has 0 aliphatic carbocycles. The number of hydrogen-bond donors (Lipinski definition) is 2. The minimum absolute atomic E-state index is 0.0116. The number of ether oxygens (including phenoxy) is 1. The molecule has 22 heavy (non-hydrogen) atoms. The lowest BCUT2D eigenvalue weighted by Crippen LogP contribution is -2.46. The molecular weight excluding hydrogens is 294 g/mol. The number of hydrogen-bond acceptors (Lipinski definition) is 5. The summed E-state index contributed by atoms with van der Waals surface area (Å²) < 4.78 is 33.1. The number of halogens is 2. The largest absolute Gasteiger partial charge is 0.481 e. The lowest BCUT2D eigenvalue weighted by molar-refractivity contribution is 0.185. The monoisotopic (exact) mass is 308 g/mol. The van der Waals surface area contributed by atoms with Crippen molar-refractivity contribution in [2.75, 3.05) is 11.9 Å². The van der Waals surface area contributed by atoms with E-state index >= 15 is 0 Å². The van der Waals surface area contributed by atoms with Gasteiger partial charge >= 0.3 is 5.56 Å². The van der Waals surface area contributed by atoms with Gasteiger partial charge in [-0.25, -0.2) is 8.78 Å². The van der Waals surface area contributed by atoms with Crippen molar-refractivity contribution in [3.8, 4) is 11.4 Å². The van der Waals surface area contributed by atoms with Gasteiger partial charge in [-0.05, 0) is 19.1 Å². The quantitative estimate of drug-likeness (QED) is 0.866. The Morgan fingerprint density at radius 3 is 2.68 bits per heavy atom. The van der Waals surface area contributed by atoms with Crippen LogP contribution in [0.4, 0.5) is 14.5 Å². The third-order valence-corrected chi connectivity index (χ3v) is 3.49. The fourth-order valence-electron chi connectivity index (χ4n) is 2.34. The van der Waals surface area contributed by atoms with Gasteiger partial charge in [0.15, 0.2) is 0 Å². The Labute approximate surface area is 124 Å². The third-order valence-electron chi connectivity index (χ3n) is 3.49. The van der Waals surface area contributed by atoms with Gasteiger partial charge in [0.1, 0.15) is 23.4 Å². The molecule has 2 aromatic rings. The van der Waals surface area contributed by atoms with Gasteiger partial charge in [-0.1, -0.05) is 0 Å². The lowest BCUT2D eigenvalue weighted by Gasteiger charge is -2.31. The lowest BCUT2D eigenvalue weighted by atomic mass is 10.1. The highest BCUT2D eigenvalue weighted by Crippen LogP contribution is 2.27. The first-order valence-electron chi connectivity index (χ1n) is 6.71. The normalized spacial score (nSPS) is 20.0. The van der Waals surface area contributed by atoms with Crippen molar-refractivity contribution in [2.45, 2.75) is 19.1 Å². The summed E-state index contributed by atoms with van der Waals surface area (Å²) in [6, 6.07) is 2.62. The van der Waals surface area contributed by atoms with Crippen molar-refractivity contribution in [1.82, 2.24) is 9.78 Å². The number of anilines is 1. The summed E-state index contributed by atoms with van der Waals surface area (Å²) in [6.45, 7) is 2.11. The summed E-state index contributed by atoms with van der Waals surface area (Å²) in [5.74, 6) is -1.54. The number of nitrogens with one attached hydrogen (secondary N) is 1. The van der Waals surface area contributed by atoms with Crippen LogP contribution in [0.25, 0.3) is 5.69 Å². The number of aromatic nitrogens is 2. The van der Waals surface area contributed by atoms with Crippen molar-refractivity contribution in [3.05, 3.63) is 46.4 Å². The van der Waals surface area contributed by atoms with E-state index < -0.39 is 17.2 Å². The average Bonchev–Trinajstić information content (AvgIpc) is 2.46. The van der Waals surface area contributed by atoms with E-state index in [1.54, 1.807) is 6.92 Å². The number of benzene rings is 1. The molecule has 1 aromatic heterocycles. The van der Waals surface area contributed by atoms with Crippen LogP contribution in [0.2, 0.25) is 0 Å². The van der Waals surface area contributed by atoms with Crippen LogP contribution in [0, 0.1) is 11.6 Å². The molecule has 3 N–H and O–H groups in total. The predicted octanol–water partition coefficient (Wildman–Crippen LogP) is 1.03. The summed E-state index contributed by atoms with van der Waals surface area (Å²) in [4.78, 5) is 12.4. The topological polar surface area (TPSA) is 82.2 Å². The zero-order valence-electron chi connectivity index (χ0n) is 11.7. The molecule has 0 saturated carbocycles. The minimum atomic E-state index is -0.794. The van der Waals surface area contributed by atoms with E-state index in [1.165, 1.54) is 6.20 Å². The van der Waals surface area contributed by atoms with Crippen LogP contribution >= 0.6 is 0 Å². The fraction of sp³-hybridized carbons (Fsp3) is 0.286. The summed E-state index contributed by atoms with van der Waals surface area (Å²) in [7, 11) is 0. The zero-order chi connectivity index (χ0) is 15.9. The summed E-state index contributed by atoms with van der Waals surface area (Å²) in [5.41, 5.74) is 5.41. The maximum Gasteiger partial charge on any atom is 0.316 e. The van der Waals surface area contributed by atoms with Crippen molar-refractivity contribution >= 4 is 5.69 Å². The van der Waals surface area contributed by atoms with E-state index in [9.17, 15) is 13.6 Å². The Bertz CT molecular complexity index is 758. The number of rotatable bonds is 2. The Balaban J connectivity index is 2.10. The molecule has 1 aliphatic rings. The summed E-state index contributed by atoms with van der Waals surface area (Å²) in [5, 5.41) is 6.99. The number of fused-ring (bicyclic) bond motifs is 1. The first kappa shape index (κ1) is 14.5. The standard InChI is InChI=1S/C14H14F2N4O2/c1-7-11(5-17)19-12-6-18-20(14(21)13(12)22-7)10-3-8(15)2-9(16)4-10/h2-4,6-7,11,19H,5,17H2,1H3. The number of nitrogens with zero attached hydrogens (tertiary/aromatic N) is 2. The van der Waals surface area contributed by atoms with Gasteiger partial charge in [0, 0.05) is 12.6 Å². The molecule has 6 nitrogen and oxygen atoms in total. The van der Waals surface area contributed by atoms with Crippen molar-refractivity contribution < 1.29 is 13.5 Å². The average molecular weight is 308 g/mol. The van der Waals surface area contributed by atoms with Crippen LogP contribution in [0.1, 0.15) is 6.92 Å². The highest BCUT2D eigenvalue weighted by atomic mass is 19.1. The van der Waals surface area contributed by atoms with E-state index in [2.05, 4.69) is 10.4 Å². The smallest absolute Gasteiger partial charge is 0.316 e. The van der Waals surface area contributed by atoms with E-state index in [-0.39, 0.29) is 23.6 Å². The second-order valence-electron chi connectivity index (χ2n) is 5.04. The van der Waals surface area contributed by atoms with Gasteiger partial charge in [-0.2, -0.15) is 9.78 Å². The van der Waals surface area contributed by atoms with E-state index in [4.69, 9.17) is 10.5 Å². The maximum absolute atomic E-state index is 13.3. The second-order valence-corrected chi connectivity index (χ2v) is 5.04. The van der Waals surface area contributed by atoms with Gasteiger partial charge in [-0.3, -0.25) is 4.79 Å². The van der Waals surface area contributed by atoms with E-state index in [0.717, 1.165) is 22.9 Å². The molecule has 1 aromatic carbocycles. The molecule has 2 atom stereocenters. The van der Waals surface area contributed by atoms with Crippen LogP contribution in [0.3, 0.4) is 0 Å². The van der Waals surface area contributed by atoms with Crippen LogP contribution < -0.4 is 21.3 Å². The molecule has 0 amide bonds. The van der Waals surface area contributed by atoms with Gasteiger partial charge in [-0.15, -0.1) is 0 Å². The van der Waals surface area contributed by atoms with Gasteiger partial charge in [0.25, 0.3) is 0 Å². The highest BCUT2D eigenvalue weighted by molar-refractivity contribution is 5.57. The molecule has 0 spiro atoms. The Morgan fingerprint density at radius 2 is 2.05 bits per heavy atom. The molecule has 0 radical (unpaired) electrons. The minimum Gasteiger partial charge on any atom is -0.481 e. The highest BCUT2D eigenvalue weighted by Gasteiger charge is 2.28. The van der Waals surface area contributed by atoms with Crippen molar-refractivity contribution in [2.24, 2.45) is 5.73 Å². The molecule has 3 rings (SSSR count). The van der Waals surface area contributed by atoms with Crippen LogP contribution in [-0.4, -0.2) is 28.5 Å². The fourth-order valence-corrected chi connectivity index (χ4v) is 2.34. The molecule has 0 saturated heterocycles. The first-order chi connectivity index (χ1) is 10.5. The molecular formula is C14H14F2N4O2. The SMILES string of the molecule is CC1Oc2c(cnn(-c3cc(F)cc(F)c3)c2=O)NC1CN. The van der Waals surface area contributed by atoms with E-state index in [1.807, 2.05) is 0 Å². The molecule has 0 bridgehead atoms. The molecule has 8 heteroatoms. The van der Waals surface area contributed by atoms with Gasteiger partial charge < -0.3 is 15.8 Å². The van der Waals surface area contributed by atoms with Gasteiger partial charge in [0.2, 0.25) is 5.75 Å². The predicted molar refractivity (Wildman–Crippen MR) is 76.3 cm³/mol.